The second-order valence-electron chi connectivity index (χ2n) is 1.22. The van der Waals surface area contributed by atoms with Gasteiger partial charge in [0, 0.05) is 17.3 Å². The molecule has 8 heavy (non-hydrogen) atoms. The Kier molecular flexibility index (Phi) is 1.86. The normalized spacial score (nSPS) is 9.12. The number of hydrogen-bond acceptors (Lipinski definition) is 3. The van der Waals surface area contributed by atoms with Crippen molar-refractivity contribution < 1.29 is 0 Å². The van der Waals surface area contributed by atoms with Gasteiger partial charge in [0.1, 0.15) is 0 Å². The van der Waals surface area contributed by atoms with Gasteiger partial charge in [0.15, 0.2) is 6.33 Å². The zero-order valence-corrected chi connectivity index (χ0v) is 5.27. The Morgan fingerprint density at radius 2 is 2.12 bits per heavy atom. The minimum atomic E-state index is 1.07. The molecule has 1 rings (SSSR count). The van der Waals surface area contributed by atoms with Crippen molar-refractivity contribution in [2.24, 2.45) is 0 Å². The molecule has 0 fully saturated rings. The number of hydrogen-bond donors (Lipinski definition) is 0. The molecule has 0 N–H and O–H groups in total. The van der Waals surface area contributed by atoms with E-state index in [1.165, 1.54) is 0 Å². The molecular weight excluding hydrogens is 120 g/mol. The van der Waals surface area contributed by atoms with Gasteiger partial charge in [-0.1, -0.05) is 0 Å². The summed E-state index contributed by atoms with van der Waals surface area (Å²) in [5.74, 6) is 0. The Bertz CT molecular complexity index is 152. The van der Waals surface area contributed by atoms with Gasteiger partial charge in [-0.25, -0.2) is 9.97 Å². The molecule has 1 radical (unpaired) electrons. The molecule has 41 valence electrons. The molecule has 0 spiro atoms. The van der Waals surface area contributed by atoms with Gasteiger partial charge in [-0.3, -0.25) is 0 Å². The maximum Gasteiger partial charge on any atom is 0.197 e. The first-order chi connectivity index (χ1) is 3.93. The highest BCUT2D eigenvalue weighted by molar-refractivity contribution is 7.98. The van der Waals surface area contributed by atoms with Crippen molar-refractivity contribution in [1.29, 1.82) is 0 Å². The lowest BCUT2D eigenvalue weighted by Gasteiger charge is -1.87. The van der Waals surface area contributed by atoms with E-state index in [0.29, 0.717) is 0 Å². The van der Waals surface area contributed by atoms with Gasteiger partial charge >= 0.3 is 0 Å². The van der Waals surface area contributed by atoms with Crippen molar-refractivity contribution in [2.45, 2.75) is 4.90 Å². The van der Waals surface area contributed by atoms with Crippen LogP contribution >= 0.6 is 11.8 Å². The summed E-state index contributed by atoms with van der Waals surface area (Å²) in [7, 11) is 0. The molecular formula is C5H5N2S. The van der Waals surface area contributed by atoms with Crippen LogP contribution < -0.4 is 0 Å². The smallest absolute Gasteiger partial charge is 0.197 e. The number of nitrogens with zero attached hydrogens (tertiary/aromatic N) is 2. The van der Waals surface area contributed by atoms with Crippen LogP contribution in [0.25, 0.3) is 0 Å². The average Bonchev–Trinajstić information content (AvgIpc) is 1.90. The average molecular weight is 125 g/mol. The fraction of sp³-hybridized carbons (Fsp3) is 0.200. The van der Waals surface area contributed by atoms with Crippen molar-refractivity contribution >= 4 is 11.8 Å². The molecule has 3 heteroatoms. The van der Waals surface area contributed by atoms with Gasteiger partial charge in [-0.15, -0.1) is 11.8 Å². The summed E-state index contributed by atoms with van der Waals surface area (Å²) in [6, 6.07) is 0. The van der Waals surface area contributed by atoms with Crippen molar-refractivity contribution in [2.75, 3.05) is 6.26 Å². The molecule has 0 atom stereocenters. The number of aromatic nitrogens is 2. The van der Waals surface area contributed by atoms with Gasteiger partial charge in [-0.05, 0) is 6.26 Å². The largest absolute Gasteiger partial charge is 0.233 e. The Morgan fingerprint density at radius 1 is 1.50 bits per heavy atom. The fourth-order valence-electron chi connectivity index (χ4n) is 0.357. The van der Waals surface area contributed by atoms with E-state index in [1.54, 1.807) is 24.2 Å². The van der Waals surface area contributed by atoms with Crippen molar-refractivity contribution in [3.63, 3.8) is 0 Å². The Labute approximate surface area is 52.4 Å². The molecule has 1 aromatic heterocycles. The predicted octanol–water partition coefficient (Wildman–Crippen LogP) is 0.999. The van der Waals surface area contributed by atoms with Crippen molar-refractivity contribution in [3.8, 4) is 0 Å². The topological polar surface area (TPSA) is 25.8 Å². The van der Waals surface area contributed by atoms with Gasteiger partial charge in [0.2, 0.25) is 0 Å². The van der Waals surface area contributed by atoms with Crippen LogP contribution in [0.4, 0.5) is 0 Å². The minimum Gasteiger partial charge on any atom is -0.233 e. The summed E-state index contributed by atoms with van der Waals surface area (Å²) in [6.07, 6.45) is 7.91. The van der Waals surface area contributed by atoms with E-state index in [9.17, 15) is 0 Å². The SMILES string of the molecule is CSc1cn[c]nc1. The molecule has 0 aromatic carbocycles. The van der Waals surface area contributed by atoms with Gasteiger partial charge in [0.05, 0.1) is 0 Å². The lowest BCUT2D eigenvalue weighted by Crippen LogP contribution is -1.75. The predicted molar refractivity (Wildman–Crippen MR) is 32.6 cm³/mol. The molecule has 0 saturated carbocycles. The van der Waals surface area contributed by atoms with Crippen LogP contribution in [0.2, 0.25) is 0 Å². The van der Waals surface area contributed by atoms with Crippen LogP contribution in [0, 0.1) is 6.33 Å². The standard InChI is InChI=1S/C5H5N2S/c1-8-5-2-6-4-7-3-5/h2-3H,1H3. The van der Waals surface area contributed by atoms with E-state index in [1.807, 2.05) is 6.26 Å². The van der Waals surface area contributed by atoms with Crippen LogP contribution in [0.15, 0.2) is 17.3 Å². The lowest BCUT2D eigenvalue weighted by molar-refractivity contribution is 1.08. The van der Waals surface area contributed by atoms with E-state index < -0.39 is 0 Å². The van der Waals surface area contributed by atoms with Crippen LogP contribution in [0.5, 0.6) is 0 Å². The van der Waals surface area contributed by atoms with E-state index in [2.05, 4.69) is 16.3 Å². The molecule has 0 aliphatic heterocycles. The Morgan fingerprint density at radius 3 is 2.50 bits per heavy atom. The van der Waals surface area contributed by atoms with Crippen LogP contribution in [-0.2, 0) is 0 Å². The third kappa shape index (κ3) is 1.20. The van der Waals surface area contributed by atoms with Crippen molar-refractivity contribution in [3.05, 3.63) is 18.7 Å². The first-order valence-corrected chi connectivity index (χ1v) is 3.38. The van der Waals surface area contributed by atoms with E-state index >= 15 is 0 Å². The summed E-state index contributed by atoms with van der Waals surface area (Å²) < 4.78 is 0. The maximum absolute atomic E-state index is 3.70. The molecule has 1 aromatic rings. The highest BCUT2D eigenvalue weighted by Crippen LogP contribution is 2.08. The third-order valence-electron chi connectivity index (χ3n) is 0.735. The van der Waals surface area contributed by atoms with Crippen LogP contribution in [-0.4, -0.2) is 16.2 Å². The monoisotopic (exact) mass is 125 g/mol. The summed E-state index contributed by atoms with van der Waals surface area (Å²) in [4.78, 5) is 8.47. The van der Waals surface area contributed by atoms with E-state index in [-0.39, 0.29) is 0 Å². The summed E-state index contributed by atoms with van der Waals surface area (Å²) in [6.45, 7) is 0. The molecule has 0 bridgehead atoms. The second-order valence-corrected chi connectivity index (χ2v) is 2.10. The molecule has 1 heterocycles. The van der Waals surface area contributed by atoms with Crippen LogP contribution in [0.3, 0.4) is 0 Å². The molecule has 0 aliphatic rings. The molecule has 0 amide bonds. The molecule has 0 aliphatic carbocycles. The number of thioether (sulfide) groups is 1. The Balaban J connectivity index is 2.83. The quantitative estimate of drug-likeness (QED) is 0.524. The summed E-state index contributed by atoms with van der Waals surface area (Å²) >= 11 is 1.62. The first kappa shape index (κ1) is 5.56. The zero-order chi connectivity index (χ0) is 5.82. The van der Waals surface area contributed by atoms with Gasteiger partial charge < -0.3 is 0 Å². The van der Waals surface area contributed by atoms with E-state index in [0.717, 1.165) is 4.90 Å². The number of rotatable bonds is 1. The molecule has 0 saturated heterocycles. The molecule has 2 nitrogen and oxygen atoms in total. The summed E-state index contributed by atoms with van der Waals surface area (Å²) in [5, 5.41) is 0. The van der Waals surface area contributed by atoms with Crippen LogP contribution in [0.1, 0.15) is 0 Å². The molecule has 0 unspecified atom stereocenters. The summed E-state index contributed by atoms with van der Waals surface area (Å²) in [5.41, 5.74) is 0. The van der Waals surface area contributed by atoms with E-state index in [4.69, 9.17) is 0 Å². The zero-order valence-electron chi connectivity index (χ0n) is 4.46. The highest BCUT2D eigenvalue weighted by atomic mass is 32.2. The first-order valence-electron chi connectivity index (χ1n) is 2.15. The minimum absolute atomic E-state index is 1.07. The van der Waals surface area contributed by atoms with Crippen molar-refractivity contribution in [1.82, 2.24) is 9.97 Å². The third-order valence-corrected chi connectivity index (χ3v) is 1.42. The maximum atomic E-state index is 3.70. The fourth-order valence-corrected chi connectivity index (χ4v) is 0.673. The Hall–Kier alpha value is -0.570. The van der Waals surface area contributed by atoms with Gasteiger partial charge in [-0.2, -0.15) is 0 Å². The highest BCUT2D eigenvalue weighted by Gasteiger charge is 1.83. The second kappa shape index (κ2) is 2.67. The van der Waals surface area contributed by atoms with Gasteiger partial charge in [0.25, 0.3) is 0 Å². The lowest BCUT2D eigenvalue weighted by atomic mass is 10.7.